The molecule has 0 radical (unpaired) electrons. The molecule has 4 rings (SSSR count). The van der Waals surface area contributed by atoms with Crippen LogP contribution in [0.25, 0.3) is 0 Å². The van der Waals surface area contributed by atoms with Gasteiger partial charge in [0.1, 0.15) is 6.04 Å². The quantitative estimate of drug-likeness (QED) is 0.379. The zero-order chi connectivity index (χ0) is 28.2. The van der Waals surface area contributed by atoms with Crippen LogP contribution in [0.15, 0.2) is 46.7 Å². The Labute approximate surface area is 240 Å². The fraction of sp³-hybridized carbons (Fsp3) is 0.677. The second kappa shape index (κ2) is 15.6. The zero-order valence-corrected chi connectivity index (χ0v) is 24.6. The van der Waals surface area contributed by atoms with E-state index in [4.69, 9.17) is 4.74 Å². The van der Waals surface area contributed by atoms with Crippen LogP contribution in [0, 0.1) is 11.8 Å². The third-order valence-corrected chi connectivity index (χ3v) is 10.2. The van der Waals surface area contributed by atoms with Crippen LogP contribution in [0.2, 0.25) is 0 Å². The van der Waals surface area contributed by atoms with E-state index in [1.807, 2.05) is 0 Å². The van der Waals surface area contributed by atoms with Crippen molar-refractivity contribution in [2.24, 2.45) is 11.8 Å². The van der Waals surface area contributed by atoms with Crippen molar-refractivity contribution in [1.29, 1.82) is 0 Å². The van der Waals surface area contributed by atoms with Crippen molar-refractivity contribution < 1.29 is 22.7 Å². The molecular weight excluding hydrogens is 526 g/mol. The fourth-order valence-electron chi connectivity index (χ4n) is 6.27. The van der Waals surface area contributed by atoms with Crippen molar-refractivity contribution in [1.82, 2.24) is 15.5 Å². The lowest BCUT2D eigenvalue weighted by Crippen LogP contribution is -2.55. The number of ether oxygens (including phenoxy) is 1. The minimum Gasteiger partial charge on any atom is -0.378 e. The minimum atomic E-state index is -3.63. The zero-order valence-electron chi connectivity index (χ0n) is 23.8. The summed E-state index contributed by atoms with van der Waals surface area (Å²) in [5.74, 6) is 0.762. The maximum absolute atomic E-state index is 13.7. The number of morpholine rings is 1. The first-order valence-electron chi connectivity index (χ1n) is 15.3. The number of nitrogens with zero attached hydrogens (tertiary/aromatic N) is 1. The molecule has 1 saturated heterocycles. The number of benzene rings is 1. The maximum Gasteiger partial charge on any atom is 0.318 e. The van der Waals surface area contributed by atoms with E-state index in [-0.39, 0.29) is 16.8 Å². The summed E-state index contributed by atoms with van der Waals surface area (Å²) < 4.78 is 31.3. The van der Waals surface area contributed by atoms with Crippen molar-refractivity contribution in [3.05, 3.63) is 41.8 Å². The highest BCUT2D eigenvalue weighted by atomic mass is 32.2. The van der Waals surface area contributed by atoms with E-state index in [0.717, 1.165) is 32.1 Å². The van der Waals surface area contributed by atoms with Crippen molar-refractivity contribution >= 4 is 21.8 Å². The van der Waals surface area contributed by atoms with Crippen LogP contribution in [-0.4, -0.2) is 63.6 Å². The van der Waals surface area contributed by atoms with E-state index in [9.17, 15) is 18.0 Å². The molecule has 8 nitrogen and oxygen atoms in total. The number of sulfone groups is 1. The van der Waals surface area contributed by atoms with Gasteiger partial charge >= 0.3 is 6.03 Å². The van der Waals surface area contributed by atoms with Crippen LogP contribution >= 0.6 is 0 Å². The van der Waals surface area contributed by atoms with E-state index in [2.05, 4.69) is 10.6 Å². The van der Waals surface area contributed by atoms with E-state index in [1.54, 1.807) is 41.3 Å². The van der Waals surface area contributed by atoms with Gasteiger partial charge in [-0.05, 0) is 43.2 Å². The molecule has 9 heteroatoms. The number of hydrogen-bond acceptors (Lipinski definition) is 5. The smallest absolute Gasteiger partial charge is 0.318 e. The molecule has 40 heavy (non-hydrogen) atoms. The van der Waals surface area contributed by atoms with E-state index in [1.165, 1.54) is 43.9 Å². The van der Waals surface area contributed by atoms with Crippen LogP contribution in [0.3, 0.4) is 0 Å². The Hall–Kier alpha value is -2.39. The molecule has 0 spiro atoms. The third-order valence-electron chi connectivity index (χ3n) is 8.71. The Morgan fingerprint density at radius 3 is 2.17 bits per heavy atom. The summed E-state index contributed by atoms with van der Waals surface area (Å²) in [6.45, 7) is 2.01. The van der Waals surface area contributed by atoms with E-state index < -0.39 is 21.9 Å². The fourth-order valence-corrected chi connectivity index (χ4v) is 7.36. The molecule has 0 aromatic heterocycles. The minimum absolute atomic E-state index is 0.233. The molecule has 2 saturated carbocycles. The van der Waals surface area contributed by atoms with Crippen LogP contribution in [0.4, 0.5) is 4.79 Å². The van der Waals surface area contributed by atoms with Gasteiger partial charge in [0.2, 0.25) is 5.91 Å². The van der Waals surface area contributed by atoms with Gasteiger partial charge in [-0.1, -0.05) is 88.5 Å². The van der Waals surface area contributed by atoms with E-state index in [0.29, 0.717) is 51.0 Å². The number of rotatable bonds is 11. The first-order valence-corrected chi connectivity index (χ1v) is 16.9. The largest absolute Gasteiger partial charge is 0.378 e. The lowest BCUT2D eigenvalue weighted by molar-refractivity contribution is -0.124. The van der Waals surface area contributed by atoms with Gasteiger partial charge in [0.15, 0.2) is 9.84 Å². The summed E-state index contributed by atoms with van der Waals surface area (Å²) in [7, 11) is -3.63. The molecule has 1 aromatic rings. The summed E-state index contributed by atoms with van der Waals surface area (Å²) in [5, 5.41) is 7.38. The summed E-state index contributed by atoms with van der Waals surface area (Å²) >= 11 is 0. The van der Waals surface area contributed by atoms with Crippen LogP contribution in [0.5, 0.6) is 0 Å². The molecule has 1 unspecified atom stereocenters. The molecule has 222 valence electrons. The molecule has 3 amide bonds. The molecule has 2 atom stereocenters. The first-order chi connectivity index (χ1) is 19.4. The van der Waals surface area contributed by atoms with Gasteiger partial charge in [0.05, 0.1) is 18.1 Å². The van der Waals surface area contributed by atoms with Crippen molar-refractivity contribution in [2.75, 3.05) is 26.3 Å². The predicted octanol–water partition coefficient (Wildman–Crippen LogP) is 5.20. The summed E-state index contributed by atoms with van der Waals surface area (Å²) in [5.41, 5.74) is 0. The van der Waals surface area contributed by atoms with Crippen LogP contribution in [0.1, 0.15) is 83.5 Å². The Kier molecular flexibility index (Phi) is 11.9. The second-order valence-corrected chi connectivity index (χ2v) is 13.6. The van der Waals surface area contributed by atoms with Crippen molar-refractivity contribution in [2.45, 2.75) is 100 Å². The molecule has 2 N–H and O–H groups in total. The normalized spacial score (nSPS) is 21.1. The number of nitrogens with one attached hydrogen (secondary N) is 2. The average molecular weight is 574 g/mol. The average Bonchev–Trinajstić information content (AvgIpc) is 3.00. The second-order valence-electron chi connectivity index (χ2n) is 11.7. The summed E-state index contributed by atoms with van der Waals surface area (Å²) in [4.78, 5) is 28.8. The SMILES string of the molecule is O=C(NC(/C=C/S(=O)(=O)c1ccccc1)CCC1CCCCC1)[C@H](CC1CCCCC1)NC(=O)N1CCOCC1. The first kappa shape index (κ1) is 30.6. The summed E-state index contributed by atoms with van der Waals surface area (Å²) in [6.07, 6.45) is 15.6. The lowest BCUT2D eigenvalue weighted by atomic mass is 9.84. The molecular formula is C31H47N3O5S. The van der Waals surface area contributed by atoms with Crippen LogP contribution < -0.4 is 10.6 Å². The standard InChI is InChI=1S/C31H47N3O5S/c35-30(29(24-26-12-6-2-7-13-26)33-31(36)34-19-21-39-22-20-34)32-27(17-16-25-10-4-1-5-11-25)18-23-40(37,38)28-14-8-3-9-15-28/h3,8-9,14-15,18,23,25-27,29H,1-2,4-7,10-13,16-17,19-22,24H2,(H,32,35)(H,33,36)/b23-18+/t27?,29-/m0/s1. The van der Waals surface area contributed by atoms with Crippen LogP contribution in [-0.2, 0) is 19.4 Å². The Balaban J connectivity index is 1.47. The van der Waals surface area contributed by atoms with Gasteiger partial charge in [-0.2, -0.15) is 0 Å². The topological polar surface area (TPSA) is 105 Å². The lowest BCUT2D eigenvalue weighted by Gasteiger charge is -2.32. The number of urea groups is 1. The highest BCUT2D eigenvalue weighted by Gasteiger charge is 2.29. The van der Waals surface area contributed by atoms with Crippen molar-refractivity contribution in [3.8, 4) is 0 Å². The van der Waals surface area contributed by atoms with Gasteiger partial charge in [0.25, 0.3) is 0 Å². The molecule has 0 bridgehead atoms. The van der Waals surface area contributed by atoms with Gasteiger partial charge < -0.3 is 20.3 Å². The third kappa shape index (κ3) is 9.61. The molecule has 1 aliphatic heterocycles. The molecule has 1 aromatic carbocycles. The summed E-state index contributed by atoms with van der Waals surface area (Å²) in [6, 6.07) is 7.03. The Bertz CT molecular complexity index is 1060. The number of carbonyl (C=O) groups excluding carboxylic acids is 2. The van der Waals surface area contributed by atoms with Gasteiger partial charge in [-0.25, -0.2) is 13.2 Å². The highest BCUT2D eigenvalue weighted by Crippen LogP contribution is 2.29. The predicted molar refractivity (Wildman–Crippen MR) is 156 cm³/mol. The molecule has 2 aliphatic carbocycles. The van der Waals surface area contributed by atoms with Crippen molar-refractivity contribution in [3.63, 3.8) is 0 Å². The highest BCUT2D eigenvalue weighted by molar-refractivity contribution is 7.94. The van der Waals surface area contributed by atoms with Gasteiger partial charge in [0, 0.05) is 24.5 Å². The Morgan fingerprint density at radius 2 is 1.52 bits per heavy atom. The molecule has 3 fully saturated rings. The monoisotopic (exact) mass is 573 g/mol. The Morgan fingerprint density at radius 1 is 0.900 bits per heavy atom. The number of amides is 3. The van der Waals surface area contributed by atoms with E-state index >= 15 is 0 Å². The number of carbonyl (C=O) groups is 2. The van der Waals surface area contributed by atoms with Gasteiger partial charge in [-0.15, -0.1) is 0 Å². The molecule has 1 heterocycles. The number of hydrogen-bond donors (Lipinski definition) is 2. The maximum atomic E-state index is 13.7. The molecule has 3 aliphatic rings. The van der Waals surface area contributed by atoms with Gasteiger partial charge in [-0.3, -0.25) is 4.79 Å².